The van der Waals surface area contributed by atoms with Crippen LogP contribution < -0.4 is 29.6 Å². The minimum atomic E-state index is -1.79. The van der Waals surface area contributed by atoms with Crippen LogP contribution in [0.15, 0.2) is 0 Å². The molecule has 0 spiro atoms. The Morgan fingerprint density at radius 2 is 1.62 bits per heavy atom. The van der Waals surface area contributed by atoms with Gasteiger partial charge in [0.15, 0.2) is 6.29 Å². The van der Waals surface area contributed by atoms with E-state index < -0.39 is 31.0 Å². The van der Waals surface area contributed by atoms with Crippen LogP contribution in [0, 0.1) is 0 Å². The molecule has 4 atom stereocenters. The van der Waals surface area contributed by atoms with Crippen molar-refractivity contribution < 1.29 is 61.3 Å². The van der Waals surface area contributed by atoms with Gasteiger partial charge in [-0.05, 0) is 0 Å². The van der Waals surface area contributed by atoms with Crippen molar-refractivity contribution in [1.29, 1.82) is 0 Å². The van der Waals surface area contributed by atoms with E-state index in [-0.39, 0.29) is 37.3 Å². The fourth-order valence-electron chi connectivity index (χ4n) is 0.618. The Kier molecular flexibility index (Phi) is 9.60. The zero-order valence-electron chi connectivity index (χ0n) is 8.24. The third-order valence-electron chi connectivity index (χ3n) is 1.42. The van der Waals surface area contributed by atoms with Gasteiger partial charge in [0.1, 0.15) is 24.4 Å². The first-order valence-electron chi connectivity index (χ1n) is 3.33. The van der Waals surface area contributed by atoms with Crippen molar-refractivity contribution >= 4 is 6.29 Å². The summed E-state index contributed by atoms with van der Waals surface area (Å²) in [6.45, 7) is -0.760. The smallest absolute Gasteiger partial charge is 1.00 e. The first-order valence-corrected chi connectivity index (χ1v) is 3.33. The van der Waals surface area contributed by atoms with Crippen molar-refractivity contribution in [2.24, 2.45) is 0 Å². The van der Waals surface area contributed by atoms with Crippen LogP contribution in [0.25, 0.3) is 0 Å². The number of rotatable bonds is 5. The molecule has 0 aromatic carbocycles. The molecule has 74 valence electrons. The van der Waals surface area contributed by atoms with Crippen LogP contribution in [-0.4, -0.2) is 62.8 Å². The van der Waals surface area contributed by atoms with Crippen molar-refractivity contribution in [3.8, 4) is 0 Å². The third kappa shape index (κ3) is 5.04. The van der Waals surface area contributed by atoms with Gasteiger partial charge >= 0.3 is 29.6 Å². The molecule has 13 heavy (non-hydrogen) atoms. The van der Waals surface area contributed by atoms with E-state index in [0.717, 1.165) is 0 Å². The molecule has 0 aliphatic heterocycles. The summed E-state index contributed by atoms with van der Waals surface area (Å²) in [5.74, 6) is 0. The molecule has 0 saturated heterocycles. The standard InChI is InChI=1S/C6H12O6.Na.H/c7-1-3(9)5(11)6(12)4(10)2-8;;/h1,3-6,8-12H,2H2;;/q;+1;-1/t3-,4-,5-,6-;;/m1../s1. The molecule has 0 rings (SSSR count). The van der Waals surface area contributed by atoms with Gasteiger partial charge in [-0.3, -0.25) is 0 Å². The Morgan fingerprint density at radius 1 is 1.15 bits per heavy atom. The second-order valence-electron chi connectivity index (χ2n) is 2.36. The van der Waals surface area contributed by atoms with E-state index in [4.69, 9.17) is 25.5 Å². The van der Waals surface area contributed by atoms with E-state index >= 15 is 0 Å². The number of hydrogen-bond acceptors (Lipinski definition) is 6. The number of aliphatic hydroxyl groups is 5. The molecule has 0 amide bonds. The van der Waals surface area contributed by atoms with Crippen LogP contribution in [0.1, 0.15) is 1.43 Å². The van der Waals surface area contributed by atoms with Crippen LogP contribution in [0.2, 0.25) is 0 Å². The average molecular weight is 204 g/mol. The molecule has 6 nitrogen and oxygen atoms in total. The van der Waals surface area contributed by atoms with Crippen molar-refractivity contribution in [3.63, 3.8) is 0 Å². The van der Waals surface area contributed by atoms with E-state index in [1.54, 1.807) is 0 Å². The Bertz CT molecular complexity index is 148. The molecule has 0 aliphatic carbocycles. The zero-order valence-corrected chi connectivity index (χ0v) is 9.24. The summed E-state index contributed by atoms with van der Waals surface area (Å²) in [5.41, 5.74) is 0. The summed E-state index contributed by atoms with van der Waals surface area (Å²) in [6, 6.07) is 0. The van der Waals surface area contributed by atoms with Crippen LogP contribution in [0.3, 0.4) is 0 Å². The third-order valence-corrected chi connectivity index (χ3v) is 1.42. The second-order valence-corrected chi connectivity index (χ2v) is 2.36. The fourth-order valence-corrected chi connectivity index (χ4v) is 0.618. The maximum atomic E-state index is 9.90. The van der Waals surface area contributed by atoms with Gasteiger partial charge in [0.05, 0.1) is 6.61 Å². The van der Waals surface area contributed by atoms with Gasteiger partial charge in [0, 0.05) is 0 Å². The number of aldehydes is 1. The van der Waals surface area contributed by atoms with Gasteiger partial charge in [0.2, 0.25) is 0 Å². The van der Waals surface area contributed by atoms with Gasteiger partial charge in [-0.2, -0.15) is 0 Å². The Balaban J connectivity index is -0.000000605. The molecule has 0 aromatic heterocycles. The largest absolute Gasteiger partial charge is 1.00 e. The van der Waals surface area contributed by atoms with E-state index in [2.05, 4.69) is 0 Å². The number of aliphatic hydroxyl groups excluding tert-OH is 5. The molecule has 0 unspecified atom stereocenters. The quantitative estimate of drug-likeness (QED) is 0.224. The van der Waals surface area contributed by atoms with Crippen LogP contribution in [-0.2, 0) is 4.79 Å². The number of hydrogen-bond donors (Lipinski definition) is 5. The topological polar surface area (TPSA) is 118 Å². The van der Waals surface area contributed by atoms with Crippen molar-refractivity contribution in [2.45, 2.75) is 24.4 Å². The normalized spacial score (nSPS) is 19.5. The van der Waals surface area contributed by atoms with Crippen molar-refractivity contribution in [1.82, 2.24) is 0 Å². The molecule has 0 fully saturated rings. The number of carbonyl (C=O) groups excluding carboxylic acids is 1. The minimum Gasteiger partial charge on any atom is -1.00 e. The van der Waals surface area contributed by atoms with Crippen molar-refractivity contribution in [3.05, 3.63) is 0 Å². The zero-order chi connectivity index (χ0) is 9.72. The monoisotopic (exact) mass is 204 g/mol. The molecule has 0 radical (unpaired) electrons. The van der Waals surface area contributed by atoms with E-state index in [1.807, 2.05) is 0 Å². The Morgan fingerprint density at radius 3 is 1.92 bits per heavy atom. The maximum absolute atomic E-state index is 9.90. The minimum absolute atomic E-state index is 0. The number of carbonyl (C=O) groups is 1. The summed E-state index contributed by atoms with van der Waals surface area (Å²) < 4.78 is 0. The molecule has 0 aliphatic rings. The maximum Gasteiger partial charge on any atom is 1.00 e. The first-order chi connectivity index (χ1) is 5.54. The Hall–Kier alpha value is 0.470. The molecule has 0 heterocycles. The van der Waals surface area contributed by atoms with Gasteiger partial charge in [-0.25, -0.2) is 0 Å². The molecule has 0 saturated carbocycles. The molecule has 0 aromatic rings. The Labute approximate surface area is 98.6 Å². The van der Waals surface area contributed by atoms with Crippen LogP contribution in [0.5, 0.6) is 0 Å². The molecular weight excluding hydrogens is 191 g/mol. The molecule has 5 N–H and O–H groups in total. The van der Waals surface area contributed by atoms with Gasteiger partial charge < -0.3 is 31.8 Å². The van der Waals surface area contributed by atoms with Gasteiger partial charge in [-0.15, -0.1) is 0 Å². The second kappa shape index (κ2) is 7.84. The predicted molar refractivity (Wildman–Crippen MR) is 38.3 cm³/mol. The molecule has 0 bridgehead atoms. The predicted octanol–water partition coefficient (Wildman–Crippen LogP) is -6.26. The average Bonchev–Trinajstić information content (AvgIpc) is 2.12. The summed E-state index contributed by atoms with van der Waals surface area (Å²) in [5, 5.41) is 43.5. The van der Waals surface area contributed by atoms with E-state index in [9.17, 15) is 4.79 Å². The SMILES string of the molecule is O=C[C@@H](O)[C@@H](O)[C@H](O)[C@H](O)CO.[H-].[Na+]. The van der Waals surface area contributed by atoms with Gasteiger partial charge in [0.25, 0.3) is 0 Å². The first kappa shape index (κ1) is 15.9. The van der Waals surface area contributed by atoms with Gasteiger partial charge in [-0.1, -0.05) is 0 Å². The summed E-state index contributed by atoms with van der Waals surface area (Å²) >= 11 is 0. The summed E-state index contributed by atoms with van der Waals surface area (Å²) in [6.07, 6.45) is -6.84. The summed E-state index contributed by atoms with van der Waals surface area (Å²) in [7, 11) is 0. The van der Waals surface area contributed by atoms with Crippen molar-refractivity contribution in [2.75, 3.05) is 6.61 Å². The molecular formula is C6H13NaO6. The van der Waals surface area contributed by atoms with Crippen LogP contribution >= 0.6 is 0 Å². The van der Waals surface area contributed by atoms with E-state index in [0.29, 0.717) is 0 Å². The fraction of sp³-hybridized carbons (Fsp3) is 0.833. The van der Waals surface area contributed by atoms with E-state index in [1.165, 1.54) is 0 Å². The van der Waals surface area contributed by atoms with Crippen LogP contribution in [0.4, 0.5) is 0 Å². The molecule has 7 heteroatoms. The summed E-state index contributed by atoms with van der Waals surface area (Å²) in [4.78, 5) is 9.90.